The summed E-state index contributed by atoms with van der Waals surface area (Å²) < 4.78 is 0. The second-order valence-corrected chi connectivity index (χ2v) is 9.77. The van der Waals surface area contributed by atoms with Gasteiger partial charge in [-0.2, -0.15) is 15.3 Å². The first kappa shape index (κ1) is 22.4. The van der Waals surface area contributed by atoms with Crippen LogP contribution in [0.4, 0.5) is 17.6 Å². The number of anilines is 3. The third-order valence-corrected chi connectivity index (χ3v) is 7.34. The van der Waals surface area contributed by atoms with Crippen molar-refractivity contribution in [3.8, 4) is 17.2 Å². The van der Waals surface area contributed by atoms with Gasteiger partial charge in [-0.25, -0.2) is 4.98 Å². The van der Waals surface area contributed by atoms with E-state index in [1.165, 1.54) is 12.8 Å². The molecule has 0 unspecified atom stereocenters. The maximum atomic E-state index is 9.03. The Labute approximate surface area is 210 Å². The van der Waals surface area contributed by atoms with E-state index >= 15 is 0 Å². The molecule has 182 valence electrons. The summed E-state index contributed by atoms with van der Waals surface area (Å²) >= 11 is 0. The molecule has 5 heterocycles. The molecular weight excluding hydrogens is 450 g/mol. The number of nitriles is 1. The van der Waals surface area contributed by atoms with Gasteiger partial charge in [0.05, 0.1) is 11.6 Å². The van der Waals surface area contributed by atoms with Crippen LogP contribution in [0.5, 0.6) is 0 Å². The first-order valence-electron chi connectivity index (χ1n) is 12.6. The van der Waals surface area contributed by atoms with E-state index in [1.54, 1.807) is 6.20 Å². The zero-order chi connectivity index (χ0) is 24.5. The van der Waals surface area contributed by atoms with Crippen LogP contribution in [0.1, 0.15) is 37.8 Å². The molecule has 0 aliphatic carbocycles. The number of fused-ring (bicyclic) bond motifs is 3. The molecule has 0 radical (unpaired) electrons. The Morgan fingerprint density at radius 1 is 1.11 bits per heavy atom. The molecule has 9 heteroatoms. The number of nitrogens with one attached hydrogen (secondary N) is 3. The molecule has 3 aromatic heterocycles. The summed E-state index contributed by atoms with van der Waals surface area (Å²) in [6.45, 7) is 2.85. The topological polar surface area (TPSA) is 118 Å². The molecule has 3 atom stereocenters. The predicted molar refractivity (Wildman–Crippen MR) is 140 cm³/mol. The van der Waals surface area contributed by atoms with E-state index in [1.807, 2.05) is 25.3 Å². The van der Waals surface area contributed by atoms with Crippen LogP contribution < -0.4 is 10.6 Å². The summed E-state index contributed by atoms with van der Waals surface area (Å²) in [4.78, 5) is 16.6. The summed E-state index contributed by atoms with van der Waals surface area (Å²) in [6, 6.07) is 15.8. The van der Waals surface area contributed by atoms with Crippen LogP contribution in [-0.4, -0.2) is 54.7 Å². The van der Waals surface area contributed by atoms with Gasteiger partial charge in [-0.15, -0.1) is 0 Å². The third kappa shape index (κ3) is 4.48. The number of pyridine rings is 1. The van der Waals surface area contributed by atoms with Gasteiger partial charge in [0.15, 0.2) is 5.82 Å². The lowest BCUT2D eigenvalue weighted by Gasteiger charge is -2.38. The van der Waals surface area contributed by atoms with Crippen molar-refractivity contribution in [2.24, 2.45) is 0 Å². The van der Waals surface area contributed by atoms with Crippen molar-refractivity contribution < 1.29 is 0 Å². The molecule has 0 saturated carbocycles. The third-order valence-electron chi connectivity index (χ3n) is 7.34. The Balaban J connectivity index is 1.31. The van der Waals surface area contributed by atoms with Crippen LogP contribution in [0.25, 0.3) is 22.0 Å². The molecular formula is C27H29N9. The highest BCUT2D eigenvalue weighted by Gasteiger charge is 2.40. The Kier molecular flexibility index (Phi) is 5.95. The number of aromatic nitrogens is 5. The van der Waals surface area contributed by atoms with E-state index < -0.39 is 0 Å². The minimum absolute atomic E-state index is 0.306. The minimum Gasteiger partial charge on any atom is -0.351 e. The smallest absolute Gasteiger partial charge is 0.225 e. The molecule has 2 aliphatic heterocycles. The molecule has 0 amide bonds. The van der Waals surface area contributed by atoms with E-state index in [9.17, 15) is 0 Å². The second-order valence-electron chi connectivity index (χ2n) is 9.77. The second kappa shape index (κ2) is 9.55. The largest absolute Gasteiger partial charge is 0.351 e. The van der Waals surface area contributed by atoms with Crippen molar-refractivity contribution in [1.29, 1.82) is 5.26 Å². The van der Waals surface area contributed by atoms with E-state index in [0.29, 0.717) is 30.5 Å². The number of H-pyrrole nitrogens is 1. The zero-order valence-corrected chi connectivity index (χ0v) is 20.3. The lowest BCUT2D eigenvalue weighted by molar-refractivity contribution is 0.135. The fourth-order valence-electron chi connectivity index (χ4n) is 5.72. The Morgan fingerprint density at radius 3 is 2.69 bits per heavy atom. The van der Waals surface area contributed by atoms with Crippen molar-refractivity contribution in [3.05, 3.63) is 54.5 Å². The maximum Gasteiger partial charge on any atom is 0.225 e. The van der Waals surface area contributed by atoms with Gasteiger partial charge in [-0.3, -0.25) is 15.0 Å². The van der Waals surface area contributed by atoms with Gasteiger partial charge in [0, 0.05) is 66.2 Å². The van der Waals surface area contributed by atoms with Gasteiger partial charge in [-0.05, 0) is 56.4 Å². The highest BCUT2D eigenvalue weighted by atomic mass is 15.3. The van der Waals surface area contributed by atoms with Crippen molar-refractivity contribution in [3.63, 3.8) is 0 Å². The lowest BCUT2D eigenvalue weighted by atomic mass is 9.97. The van der Waals surface area contributed by atoms with Gasteiger partial charge in [0.2, 0.25) is 5.95 Å². The maximum absolute atomic E-state index is 9.03. The van der Waals surface area contributed by atoms with Gasteiger partial charge in [0.1, 0.15) is 5.82 Å². The van der Waals surface area contributed by atoms with Crippen molar-refractivity contribution in [1.82, 2.24) is 30.0 Å². The highest BCUT2D eigenvalue weighted by Crippen LogP contribution is 2.37. The van der Waals surface area contributed by atoms with E-state index in [0.717, 1.165) is 58.7 Å². The monoisotopic (exact) mass is 479 g/mol. The van der Waals surface area contributed by atoms with Gasteiger partial charge >= 0.3 is 0 Å². The highest BCUT2D eigenvalue weighted by molar-refractivity contribution is 5.94. The quantitative estimate of drug-likeness (QED) is 0.346. The van der Waals surface area contributed by atoms with E-state index in [4.69, 9.17) is 15.2 Å². The molecule has 36 heavy (non-hydrogen) atoms. The standard InChI is InChI=1S/C27H29N9/c1-17-12-25(35-34-17)32-26-23-8-5-18(19-4-2-10-29-16-19)13-24(23)31-27(33-26)30-20-14-21-6-7-22(15-20)36(21)11-3-9-28/h2,4-5,8,10,12-13,16,20-22H,3,6-7,11,14-15H2,1H3,(H3,30,31,32,33,34,35)/t20-,21-,22+. The van der Waals surface area contributed by atoms with E-state index in [-0.39, 0.29) is 0 Å². The van der Waals surface area contributed by atoms with Crippen molar-refractivity contribution in [2.45, 2.75) is 57.2 Å². The van der Waals surface area contributed by atoms with Gasteiger partial charge in [-0.1, -0.05) is 12.1 Å². The molecule has 9 nitrogen and oxygen atoms in total. The average Bonchev–Trinajstić information content (AvgIpc) is 3.41. The summed E-state index contributed by atoms with van der Waals surface area (Å²) in [5, 5.41) is 24.3. The summed E-state index contributed by atoms with van der Waals surface area (Å²) in [5.41, 5.74) is 3.95. The van der Waals surface area contributed by atoms with Crippen molar-refractivity contribution >= 4 is 28.5 Å². The molecule has 6 rings (SSSR count). The van der Waals surface area contributed by atoms with Crippen LogP contribution in [0.2, 0.25) is 0 Å². The van der Waals surface area contributed by atoms with Gasteiger partial charge < -0.3 is 10.6 Å². The Bertz CT molecular complexity index is 1390. The number of aromatic amines is 1. The number of rotatable bonds is 7. The molecule has 4 aromatic rings. The minimum atomic E-state index is 0.306. The van der Waals surface area contributed by atoms with Gasteiger partial charge in [0.25, 0.3) is 0 Å². The van der Waals surface area contributed by atoms with Crippen LogP contribution in [-0.2, 0) is 0 Å². The SMILES string of the molecule is Cc1cc(Nc2nc(N[C@@H]3C[C@H]4CC[C@@H](C3)N4CCC#N)nc3cc(-c4cccnc4)ccc23)n[nH]1. The molecule has 0 spiro atoms. The number of aryl methyl sites for hydroxylation is 1. The number of piperidine rings is 1. The first-order chi connectivity index (χ1) is 17.7. The van der Waals surface area contributed by atoms with Crippen LogP contribution >= 0.6 is 0 Å². The first-order valence-corrected chi connectivity index (χ1v) is 12.6. The lowest BCUT2D eigenvalue weighted by Crippen LogP contribution is -2.47. The number of benzene rings is 1. The normalized spacial score (nSPS) is 21.4. The molecule has 1 aromatic carbocycles. The van der Waals surface area contributed by atoms with Crippen LogP contribution in [0, 0.1) is 18.3 Å². The molecule has 2 aliphatic rings. The van der Waals surface area contributed by atoms with Crippen molar-refractivity contribution in [2.75, 3.05) is 17.2 Å². The number of hydrogen-bond donors (Lipinski definition) is 3. The summed E-state index contributed by atoms with van der Waals surface area (Å²) in [7, 11) is 0. The molecule has 2 bridgehead atoms. The molecule has 3 N–H and O–H groups in total. The zero-order valence-electron chi connectivity index (χ0n) is 20.3. The number of hydrogen-bond acceptors (Lipinski definition) is 8. The number of nitrogens with zero attached hydrogens (tertiary/aromatic N) is 6. The average molecular weight is 480 g/mol. The fourth-order valence-corrected chi connectivity index (χ4v) is 5.72. The van der Waals surface area contributed by atoms with Crippen LogP contribution in [0.15, 0.2) is 48.8 Å². The van der Waals surface area contributed by atoms with E-state index in [2.05, 4.69) is 61.0 Å². The molecule has 2 saturated heterocycles. The van der Waals surface area contributed by atoms with Crippen LogP contribution in [0.3, 0.4) is 0 Å². The summed E-state index contributed by atoms with van der Waals surface area (Å²) in [5.74, 6) is 2.07. The molecule has 2 fully saturated rings. The fraction of sp³-hybridized carbons (Fsp3) is 0.370. The Morgan fingerprint density at radius 2 is 1.97 bits per heavy atom. The predicted octanol–water partition coefficient (Wildman–Crippen LogP) is 4.79. The summed E-state index contributed by atoms with van der Waals surface area (Å²) in [6.07, 6.45) is 8.73. The Hall–Kier alpha value is -4.03.